The van der Waals surface area contributed by atoms with Gasteiger partial charge in [-0.05, 0) is 50.5 Å². The predicted octanol–water partition coefficient (Wildman–Crippen LogP) is 4.52. The van der Waals surface area contributed by atoms with Crippen LogP contribution in [0, 0.1) is 0 Å². The predicted molar refractivity (Wildman–Crippen MR) is 157 cm³/mol. The summed E-state index contributed by atoms with van der Waals surface area (Å²) in [5.41, 5.74) is 4.82. The van der Waals surface area contributed by atoms with E-state index < -0.39 is 0 Å². The molecule has 2 aromatic carbocycles. The molecule has 4 aromatic rings. The smallest absolute Gasteiger partial charge is 0.247 e. The number of fused-ring (bicyclic) bond motifs is 1. The molecule has 10 heteroatoms. The summed E-state index contributed by atoms with van der Waals surface area (Å²) in [7, 11) is 11.3. The molecule has 0 bridgehead atoms. The molecule has 0 atom stereocenters. The highest BCUT2D eigenvalue weighted by molar-refractivity contribution is 6.02. The zero-order chi connectivity index (χ0) is 28.1. The number of hydrogen-bond donors (Lipinski definition) is 2. The van der Waals surface area contributed by atoms with Crippen LogP contribution in [0.3, 0.4) is 0 Å². The number of rotatable bonds is 11. The Balaban J connectivity index is 1.72. The molecule has 39 heavy (non-hydrogen) atoms. The number of nitrogens with zero attached hydrogens (tertiary/aromatic N) is 5. The van der Waals surface area contributed by atoms with Crippen LogP contribution < -0.4 is 25.0 Å². The second-order valence-corrected chi connectivity index (χ2v) is 9.42. The van der Waals surface area contributed by atoms with Crippen molar-refractivity contribution in [1.82, 2.24) is 19.4 Å². The topological polar surface area (TPSA) is 96.8 Å². The third-order valence-corrected chi connectivity index (χ3v) is 6.43. The van der Waals surface area contributed by atoms with E-state index in [4.69, 9.17) is 14.5 Å². The molecule has 0 spiro atoms. The Morgan fingerprint density at radius 1 is 1.08 bits per heavy atom. The Hall–Kier alpha value is -4.57. The Bertz CT molecular complexity index is 1500. The van der Waals surface area contributed by atoms with Crippen LogP contribution in [0.5, 0.6) is 11.5 Å². The molecule has 0 radical (unpaired) electrons. The quantitative estimate of drug-likeness (QED) is 0.274. The van der Waals surface area contributed by atoms with Gasteiger partial charge in [-0.3, -0.25) is 4.79 Å². The maximum absolute atomic E-state index is 12.3. The highest BCUT2D eigenvalue weighted by Crippen LogP contribution is 2.38. The number of methoxy groups -OCH3 is 2. The summed E-state index contributed by atoms with van der Waals surface area (Å²) in [6.45, 7) is 5.18. The molecule has 0 aliphatic heterocycles. The number of amides is 1. The van der Waals surface area contributed by atoms with Gasteiger partial charge < -0.3 is 34.5 Å². The number of likely N-dealkylation sites (N-methyl/N-ethyl adjacent to an activating group) is 2. The first-order valence-electron chi connectivity index (χ1n) is 12.5. The number of carbonyl (C=O) groups excluding carboxylic acids is 1. The number of nitrogens with one attached hydrogen (secondary N) is 2. The average Bonchev–Trinajstić information content (AvgIpc) is 3.27. The standard InChI is InChI=1S/C29H35N7O3/c1-8-28(37)31-23-16-24(27(39-7)17-26(23)35(4)14-13-34(2)3)33-29-30-12-11-22(32-29)21-18-36(5)25-10-9-19(38-6)15-20(21)25/h8-12,15-18H,1,13-14H2,2-7H3,(H,31,37)(H,30,32,33). The van der Waals surface area contributed by atoms with Gasteiger partial charge in [0.25, 0.3) is 0 Å². The van der Waals surface area contributed by atoms with Crippen LogP contribution in [-0.4, -0.2) is 73.8 Å². The zero-order valence-electron chi connectivity index (χ0n) is 23.3. The maximum atomic E-state index is 12.3. The van der Waals surface area contributed by atoms with Crippen LogP contribution in [0.2, 0.25) is 0 Å². The van der Waals surface area contributed by atoms with Gasteiger partial charge in [-0.15, -0.1) is 0 Å². The molecule has 0 fully saturated rings. The molecule has 4 rings (SSSR count). The van der Waals surface area contributed by atoms with Crippen LogP contribution in [0.25, 0.3) is 22.2 Å². The molecule has 2 aromatic heterocycles. The van der Waals surface area contributed by atoms with E-state index in [2.05, 4.69) is 36.6 Å². The van der Waals surface area contributed by atoms with Gasteiger partial charge in [-0.1, -0.05) is 6.58 Å². The SMILES string of the molecule is C=CC(=O)Nc1cc(Nc2nccc(-c3cn(C)c4ccc(OC)cc34)n2)c(OC)cc1N(C)CCN(C)C. The third-order valence-electron chi connectivity index (χ3n) is 6.43. The molecule has 2 N–H and O–H groups in total. The number of aryl methyl sites for hydroxylation is 1. The van der Waals surface area contributed by atoms with E-state index in [0.29, 0.717) is 23.1 Å². The lowest BCUT2D eigenvalue weighted by molar-refractivity contribution is -0.111. The number of benzene rings is 2. The van der Waals surface area contributed by atoms with E-state index in [-0.39, 0.29) is 5.91 Å². The van der Waals surface area contributed by atoms with Crippen molar-refractivity contribution >= 4 is 39.8 Å². The number of ether oxygens (including phenoxy) is 2. The Kier molecular flexibility index (Phi) is 8.36. The molecule has 2 heterocycles. The van der Waals surface area contributed by atoms with Crippen molar-refractivity contribution in [1.29, 1.82) is 0 Å². The van der Waals surface area contributed by atoms with Crippen LogP contribution in [-0.2, 0) is 11.8 Å². The number of aromatic nitrogens is 3. The van der Waals surface area contributed by atoms with E-state index in [1.807, 2.05) is 70.8 Å². The second-order valence-electron chi connectivity index (χ2n) is 9.42. The van der Waals surface area contributed by atoms with E-state index in [1.165, 1.54) is 6.08 Å². The first-order chi connectivity index (χ1) is 18.7. The van der Waals surface area contributed by atoms with Crippen molar-refractivity contribution in [3.8, 4) is 22.8 Å². The van der Waals surface area contributed by atoms with Crippen LogP contribution in [0.15, 0.2) is 61.4 Å². The fourth-order valence-corrected chi connectivity index (χ4v) is 4.30. The summed E-state index contributed by atoms with van der Waals surface area (Å²) in [5, 5.41) is 7.22. The molecule has 0 unspecified atom stereocenters. The third kappa shape index (κ3) is 6.12. The average molecular weight is 530 g/mol. The lowest BCUT2D eigenvalue weighted by Crippen LogP contribution is -2.29. The minimum absolute atomic E-state index is 0.307. The van der Waals surface area contributed by atoms with Crippen molar-refractivity contribution in [2.75, 3.05) is 64.0 Å². The minimum atomic E-state index is -0.307. The van der Waals surface area contributed by atoms with E-state index in [1.54, 1.807) is 20.4 Å². The van der Waals surface area contributed by atoms with Crippen molar-refractivity contribution in [2.24, 2.45) is 7.05 Å². The number of anilines is 4. The van der Waals surface area contributed by atoms with Gasteiger partial charge >= 0.3 is 0 Å². The lowest BCUT2D eigenvalue weighted by Gasteiger charge is -2.26. The minimum Gasteiger partial charge on any atom is -0.497 e. The lowest BCUT2D eigenvalue weighted by atomic mass is 10.1. The van der Waals surface area contributed by atoms with Crippen LogP contribution in [0.1, 0.15) is 0 Å². The van der Waals surface area contributed by atoms with Gasteiger partial charge in [0, 0.05) is 62.1 Å². The summed E-state index contributed by atoms with van der Waals surface area (Å²) in [5.74, 6) is 1.44. The Morgan fingerprint density at radius 2 is 1.87 bits per heavy atom. The molecule has 10 nitrogen and oxygen atoms in total. The van der Waals surface area contributed by atoms with Crippen molar-refractivity contribution in [3.05, 3.63) is 61.4 Å². The van der Waals surface area contributed by atoms with Gasteiger partial charge in [-0.25, -0.2) is 9.97 Å². The van der Waals surface area contributed by atoms with Crippen molar-refractivity contribution in [3.63, 3.8) is 0 Å². The summed E-state index contributed by atoms with van der Waals surface area (Å²) in [6.07, 6.45) is 4.99. The summed E-state index contributed by atoms with van der Waals surface area (Å²) in [6, 6.07) is 11.5. The zero-order valence-corrected chi connectivity index (χ0v) is 23.3. The maximum Gasteiger partial charge on any atom is 0.247 e. The van der Waals surface area contributed by atoms with Crippen molar-refractivity contribution in [2.45, 2.75) is 0 Å². The molecule has 0 aliphatic rings. The summed E-state index contributed by atoms with van der Waals surface area (Å²) in [4.78, 5) is 25.7. The van der Waals surface area contributed by atoms with Gasteiger partial charge in [-0.2, -0.15) is 0 Å². The fourth-order valence-electron chi connectivity index (χ4n) is 4.30. The first kappa shape index (κ1) is 27.5. The summed E-state index contributed by atoms with van der Waals surface area (Å²) >= 11 is 0. The van der Waals surface area contributed by atoms with Gasteiger partial charge in [0.05, 0.1) is 37.0 Å². The van der Waals surface area contributed by atoms with Crippen LogP contribution >= 0.6 is 0 Å². The molecule has 204 valence electrons. The Labute approximate surface area is 228 Å². The van der Waals surface area contributed by atoms with Gasteiger partial charge in [0.2, 0.25) is 11.9 Å². The van der Waals surface area contributed by atoms with Crippen molar-refractivity contribution < 1.29 is 14.3 Å². The summed E-state index contributed by atoms with van der Waals surface area (Å²) < 4.78 is 13.2. The molecule has 0 aliphatic carbocycles. The van der Waals surface area contributed by atoms with E-state index >= 15 is 0 Å². The Morgan fingerprint density at radius 3 is 2.56 bits per heavy atom. The van der Waals surface area contributed by atoms with E-state index in [0.717, 1.165) is 46.7 Å². The number of carbonyl (C=O) groups is 1. The molecular weight excluding hydrogens is 494 g/mol. The second kappa shape index (κ2) is 11.9. The highest BCUT2D eigenvalue weighted by atomic mass is 16.5. The number of hydrogen-bond acceptors (Lipinski definition) is 8. The van der Waals surface area contributed by atoms with Crippen LogP contribution in [0.4, 0.5) is 23.0 Å². The largest absolute Gasteiger partial charge is 0.497 e. The molecule has 1 amide bonds. The molecule has 0 saturated heterocycles. The normalized spacial score (nSPS) is 10.9. The van der Waals surface area contributed by atoms with Gasteiger partial charge in [0.15, 0.2) is 0 Å². The first-order valence-corrected chi connectivity index (χ1v) is 12.5. The molecule has 0 saturated carbocycles. The van der Waals surface area contributed by atoms with E-state index in [9.17, 15) is 4.79 Å². The highest BCUT2D eigenvalue weighted by Gasteiger charge is 2.17. The monoisotopic (exact) mass is 529 g/mol. The van der Waals surface area contributed by atoms with Gasteiger partial charge in [0.1, 0.15) is 11.5 Å². The fraction of sp³-hybridized carbons (Fsp3) is 0.276. The molecular formula is C29H35N7O3.